The molecule has 0 aliphatic rings. The molecule has 7 heteroatoms. The maximum Gasteiger partial charge on any atom is 0.309 e. The summed E-state index contributed by atoms with van der Waals surface area (Å²) in [6, 6.07) is 0. The monoisotopic (exact) mass is 318 g/mol. The van der Waals surface area contributed by atoms with Gasteiger partial charge in [-0.25, -0.2) is 0 Å². The molecule has 0 aromatic heterocycles. The molecule has 0 fully saturated rings. The molecule has 7 nitrogen and oxygen atoms in total. The molecular weight excluding hydrogens is 292 g/mol. The van der Waals surface area contributed by atoms with Gasteiger partial charge in [-0.2, -0.15) is 0 Å². The van der Waals surface area contributed by atoms with Crippen LogP contribution in [0.5, 0.6) is 0 Å². The van der Waals surface area contributed by atoms with E-state index in [2.05, 4.69) is 0 Å². The van der Waals surface area contributed by atoms with Gasteiger partial charge in [-0.3, -0.25) is 14.4 Å². The molecule has 0 aliphatic heterocycles. The Labute approximate surface area is 130 Å². The highest BCUT2D eigenvalue weighted by Crippen LogP contribution is 2.23. The van der Waals surface area contributed by atoms with E-state index in [0.29, 0.717) is 0 Å². The zero-order valence-electron chi connectivity index (χ0n) is 13.6. The second-order valence-corrected chi connectivity index (χ2v) is 5.54. The van der Waals surface area contributed by atoms with Gasteiger partial charge in [0.1, 0.15) is 6.61 Å². The van der Waals surface area contributed by atoms with Crippen molar-refractivity contribution in [3.8, 4) is 0 Å². The first-order valence-corrected chi connectivity index (χ1v) is 7.43. The Bertz CT molecular complexity index is 378. The Kier molecular flexibility index (Phi) is 9.40. The van der Waals surface area contributed by atoms with Crippen LogP contribution in [0.1, 0.15) is 40.5 Å². The van der Waals surface area contributed by atoms with Crippen molar-refractivity contribution in [1.29, 1.82) is 0 Å². The Morgan fingerprint density at radius 1 is 0.955 bits per heavy atom. The maximum atomic E-state index is 12.0. The lowest BCUT2D eigenvalue weighted by Crippen LogP contribution is -2.29. The van der Waals surface area contributed by atoms with Gasteiger partial charge in [-0.05, 0) is 26.7 Å². The highest BCUT2D eigenvalue weighted by molar-refractivity contribution is 5.77. The van der Waals surface area contributed by atoms with E-state index in [-0.39, 0.29) is 26.1 Å². The molecule has 4 atom stereocenters. The van der Waals surface area contributed by atoms with Gasteiger partial charge in [-0.1, -0.05) is 13.8 Å². The zero-order valence-corrected chi connectivity index (χ0v) is 13.6. The van der Waals surface area contributed by atoms with Gasteiger partial charge in [0.2, 0.25) is 0 Å². The van der Waals surface area contributed by atoms with Crippen molar-refractivity contribution in [2.24, 2.45) is 17.8 Å². The third kappa shape index (κ3) is 7.97. The van der Waals surface area contributed by atoms with Gasteiger partial charge in [0.25, 0.3) is 0 Å². The standard InChI is InChI=1S/C15H26O7/c1-5-21-14(19)10(3)7-12(6-9(2)13(17)18)15(20)22-8-11(4)16/h9-12,16H,5-8H2,1-4H3,(H,17,18). The van der Waals surface area contributed by atoms with E-state index in [1.165, 1.54) is 13.8 Å². The second-order valence-electron chi connectivity index (χ2n) is 5.54. The quantitative estimate of drug-likeness (QED) is 0.583. The molecule has 0 bridgehead atoms. The van der Waals surface area contributed by atoms with Crippen LogP contribution in [0.25, 0.3) is 0 Å². The summed E-state index contributed by atoms with van der Waals surface area (Å²) in [7, 11) is 0. The number of carboxylic acid groups (broad SMARTS) is 1. The van der Waals surface area contributed by atoms with Crippen molar-refractivity contribution < 1.29 is 34.1 Å². The fraction of sp³-hybridized carbons (Fsp3) is 0.800. The second kappa shape index (κ2) is 10.2. The lowest BCUT2D eigenvalue weighted by Gasteiger charge is -2.21. The first-order valence-electron chi connectivity index (χ1n) is 7.43. The number of hydrogen-bond acceptors (Lipinski definition) is 6. The van der Waals surface area contributed by atoms with Crippen LogP contribution >= 0.6 is 0 Å². The maximum absolute atomic E-state index is 12.0. The summed E-state index contributed by atoms with van der Waals surface area (Å²) in [5, 5.41) is 18.1. The van der Waals surface area contributed by atoms with Gasteiger partial charge < -0.3 is 19.7 Å². The smallest absolute Gasteiger partial charge is 0.309 e. The van der Waals surface area contributed by atoms with Gasteiger partial charge in [0.05, 0.1) is 30.5 Å². The van der Waals surface area contributed by atoms with Crippen LogP contribution in [0, 0.1) is 17.8 Å². The molecule has 0 saturated carbocycles. The number of aliphatic hydroxyl groups is 1. The van der Waals surface area contributed by atoms with Gasteiger partial charge in [0, 0.05) is 0 Å². The molecular formula is C15H26O7. The van der Waals surface area contributed by atoms with Crippen molar-refractivity contribution in [3.63, 3.8) is 0 Å². The molecule has 0 aromatic rings. The minimum atomic E-state index is -1.02. The van der Waals surface area contributed by atoms with Crippen LogP contribution in [0.4, 0.5) is 0 Å². The minimum absolute atomic E-state index is 0.0672. The Hall–Kier alpha value is -1.63. The SMILES string of the molecule is CCOC(=O)C(C)CC(CC(C)C(=O)O)C(=O)OCC(C)O. The van der Waals surface area contributed by atoms with E-state index in [9.17, 15) is 14.4 Å². The average molecular weight is 318 g/mol. The van der Waals surface area contributed by atoms with Crippen LogP contribution in [-0.2, 0) is 23.9 Å². The number of aliphatic hydroxyl groups excluding tert-OH is 1. The lowest BCUT2D eigenvalue weighted by atomic mass is 9.88. The third-order valence-electron chi connectivity index (χ3n) is 3.19. The molecule has 0 saturated heterocycles. The fourth-order valence-electron chi connectivity index (χ4n) is 1.94. The summed E-state index contributed by atoms with van der Waals surface area (Å²) < 4.78 is 9.84. The third-order valence-corrected chi connectivity index (χ3v) is 3.19. The van der Waals surface area contributed by atoms with Gasteiger partial charge in [0.15, 0.2) is 0 Å². The van der Waals surface area contributed by atoms with Crippen LogP contribution < -0.4 is 0 Å². The summed E-state index contributed by atoms with van der Waals surface area (Å²) in [4.78, 5) is 34.7. The first kappa shape index (κ1) is 20.4. The zero-order chi connectivity index (χ0) is 17.3. The predicted molar refractivity (Wildman–Crippen MR) is 78.0 cm³/mol. The molecule has 0 heterocycles. The molecule has 2 N–H and O–H groups in total. The summed E-state index contributed by atoms with van der Waals surface area (Å²) >= 11 is 0. The van der Waals surface area contributed by atoms with Crippen molar-refractivity contribution in [2.75, 3.05) is 13.2 Å². The molecule has 0 aromatic carbocycles. The highest BCUT2D eigenvalue weighted by Gasteiger charge is 2.30. The summed E-state index contributed by atoms with van der Waals surface area (Å²) in [5.74, 6) is -4.06. The molecule has 0 amide bonds. The number of esters is 2. The van der Waals surface area contributed by atoms with Crippen molar-refractivity contribution in [2.45, 2.75) is 46.6 Å². The van der Waals surface area contributed by atoms with Crippen LogP contribution in [0.15, 0.2) is 0 Å². The highest BCUT2D eigenvalue weighted by atomic mass is 16.5. The molecule has 0 spiro atoms. The van der Waals surface area contributed by atoms with Crippen molar-refractivity contribution in [3.05, 3.63) is 0 Å². The Morgan fingerprint density at radius 2 is 1.50 bits per heavy atom. The molecule has 0 aliphatic carbocycles. The topological polar surface area (TPSA) is 110 Å². The predicted octanol–water partition coefficient (Wildman–Crippen LogP) is 1.23. The number of carboxylic acids is 1. The summed E-state index contributed by atoms with van der Waals surface area (Å²) in [6.07, 6.45) is -0.587. The van der Waals surface area contributed by atoms with Crippen molar-refractivity contribution in [1.82, 2.24) is 0 Å². The molecule has 4 unspecified atom stereocenters. The number of carbonyl (C=O) groups excluding carboxylic acids is 2. The first-order chi connectivity index (χ1) is 10.2. The van der Waals surface area contributed by atoms with E-state index < -0.39 is 41.8 Å². The normalized spacial score (nSPS) is 16.2. The molecule has 22 heavy (non-hydrogen) atoms. The van der Waals surface area contributed by atoms with Gasteiger partial charge in [-0.15, -0.1) is 0 Å². The van der Waals surface area contributed by atoms with Crippen LogP contribution in [-0.4, -0.2) is 47.4 Å². The number of hydrogen-bond donors (Lipinski definition) is 2. The van der Waals surface area contributed by atoms with Crippen LogP contribution in [0.3, 0.4) is 0 Å². The van der Waals surface area contributed by atoms with E-state index in [0.717, 1.165) is 0 Å². The molecule has 0 rings (SSSR count). The Balaban J connectivity index is 4.80. The van der Waals surface area contributed by atoms with E-state index >= 15 is 0 Å². The van der Waals surface area contributed by atoms with Crippen molar-refractivity contribution >= 4 is 17.9 Å². The largest absolute Gasteiger partial charge is 0.481 e. The van der Waals surface area contributed by atoms with Crippen LogP contribution in [0.2, 0.25) is 0 Å². The van der Waals surface area contributed by atoms with E-state index in [4.69, 9.17) is 19.7 Å². The number of rotatable bonds is 10. The summed E-state index contributed by atoms with van der Waals surface area (Å²) in [5.41, 5.74) is 0. The fourth-order valence-corrected chi connectivity index (χ4v) is 1.94. The number of aliphatic carboxylic acids is 1. The van der Waals surface area contributed by atoms with E-state index in [1.54, 1.807) is 13.8 Å². The minimum Gasteiger partial charge on any atom is -0.481 e. The average Bonchev–Trinajstić information content (AvgIpc) is 2.43. The van der Waals surface area contributed by atoms with Gasteiger partial charge >= 0.3 is 17.9 Å². The molecule has 128 valence electrons. The molecule has 0 radical (unpaired) electrons. The number of ether oxygens (including phenoxy) is 2. The number of carbonyl (C=O) groups is 3. The Morgan fingerprint density at radius 3 is 1.95 bits per heavy atom. The van der Waals surface area contributed by atoms with E-state index in [1.807, 2.05) is 0 Å². The summed E-state index contributed by atoms with van der Waals surface area (Å²) in [6.45, 7) is 6.36. The lowest BCUT2D eigenvalue weighted by molar-refractivity contribution is -0.155.